The molecule has 0 unspecified atom stereocenters. The van der Waals surface area contributed by atoms with Gasteiger partial charge in [0.05, 0.1) is 0 Å². The molecule has 0 spiro atoms. The molecule has 0 amide bonds. The van der Waals surface area contributed by atoms with Crippen molar-refractivity contribution < 1.29 is 35.9 Å². The first-order chi connectivity index (χ1) is 0. The second kappa shape index (κ2) is 54.5. The summed E-state index contributed by atoms with van der Waals surface area (Å²) in [5.74, 6) is 0. The average molecular weight is 264 g/mol. The SMILES string of the molecule is [In+3].[O-2].[O-2].[O-2].[Ru+3]. The Bertz CT molecular complexity index is 6.85. The molecule has 0 aliphatic carbocycles. The van der Waals surface area contributed by atoms with Gasteiger partial charge >= 0.3 is 45.3 Å². The van der Waals surface area contributed by atoms with Crippen molar-refractivity contribution >= 4 is 25.8 Å². The Morgan fingerprint density at radius 3 is 0.600 bits per heavy atom. The summed E-state index contributed by atoms with van der Waals surface area (Å²) in [7, 11) is 0. The summed E-state index contributed by atoms with van der Waals surface area (Å²) < 4.78 is 0. The first-order valence-corrected chi connectivity index (χ1v) is 0. The van der Waals surface area contributed by atoms with Crippen LogP contribution in [-0.4, -0.2) is 25.8 Å². The van der Waals surface area contributed by atoms with Crippen molar-refractivity contribution in [2.24, 2.45) is 0 Å². The van der Waals surface area contributed by atoms with Gasteiger partial charge in [-0.1, -0.05) is 0 Å². The van der Waals surface area contributed by atoms with Crippen molar-refractivity contribution in [3.05, 3.63) is 0 Å². The predicted octanol–water partition coefficient (Wildman–Crippen LogP) is -0.740. The van der Waals surface area contributed by atoms with Crippen LogP contribution in [0.3, 0.4) is 0 Å². The molecule has 5 heavy (non-hydrogen) atoms. The van der Waals surface area contributed by atoms with Crippen molar-refractivity contribution in [2.75, 3.05) is 0 Å². The van der Waals surface area contributed by atoms with E-state index in [0.29, 0.717) is 0 Å². The minimum Gasteiger partial charge on any atom is -2.00 e. The predicted molar refractivity (Wildman–Crippen MR) is 7.81 cm³/mol. The van der Waals surface area contributed by atoms with Gasteiger partial charge in [-0.15, -0.1) is 0 Å². The fourth-order valence-corrected chi connectivity index (χ4v) is 0. The minimum absolute atomic E-state index is 0. The Labute approximate surface area is 61.6 Å². The molecule has 0 saturated heterocycles. The zero-order valence-corrected chi connectivity index (χ0v) is 7.19. The first kappa shape index (κ1) is 97.6. The van der Waals surface area contributed by atoms with Crippen LogP contribution in [0, 0.1) is 0 Å². The van der Waals surface area contributed by atoms with E-state index < -0.39 is 0 Å². The van der Waals surface area contributed by atoms with E-state index in [0.717, 1.165) is 0 Å². The summed E-state index contributed by atoms with van der Waals surface area (Å²) in [6, 6.07) is 0. The van der Waals surface area contributed by atoms with Crippen LogP contribution in [0.5, 0.6) is 0 Å². The molecule has 0 aromatic carbocycles. The maximum absolute atomic E-state index is 0. The quantitative estimate of drug-likeness (QED) is 0.516. The van der Waals surface area contributed by atoms with E-state index in [4.69, 9.17) is 0 Å². The van der Waals surface area contributed by atoms with Crippen molar-refractivity contribution in [3.63, 3.8) is 0 Å². The molecule has 0 aliphatic heterocycles. The molecule has 29 valence electrons. The minimum atomic E-state index is 0. The average Bonchev–Trinajstić information content (AvgIpc) is 0. The van der Waals surface area contributed by atoms with Gasteiger partial charge < -0.3 is 16.4 Å². The van der Waals surface area contributed by atoms with E-state index in [2.05, 4.69) is 0 Å². The van der Waals surface area contributed by atoms with Crippen molar-refractivity contribution in [1.29, 1.82) is 0 Å². The smallest absolute Gasteiger partial charge is 2.00 e. The molecule has 0 bridgehead atoms. The number of hydrogen-bond donors (Lipinski definition) is 0. The molecule has 5 heteroatoms. The van der Waals surface area contributed by atoms with Crippen molar-refractivity contribution in [3.8, 4) is 0 Å². The third-order valence-electron chi connectivity index (χ3n) is 0. The molecular weight excluding hydrogens is 264 g/mol. The van der Waals surface area contributed by atoms with Crippen LogP contribution in [0.25, 0.3) is 0 Å². The number of rotatable bonds is 0. The van der Waals surface area contributed by atoms with Gasteiger partial charge in [-0.25, -0.2) is 0 Å². The van der Waals surface area contributed by atoms with Crippen LogP contribution in [0.1, 0.15) is 0 Å². The van der Waals surface area contributed by atoms with E-state index in [1.807, 2.05) is 0 Å². The molecule has 0 N–H and O–H groups in total. The Morgan fingerprint density at radius 1 is 0.600 bits per heavy atom. The molecular formula is InO3Ru. The van der Waals surface area contributed by atoms with Gasteiger partial charge in [0.15, 0.2) is 0 Å². The molecule has 3 nitrogen and oxygen atoms in total. The van der Waals surface area contributed by atoms with Gasteiger partial charge in [-0.05, 0) is 0 Å². The summed E-state index contributed by atoms with van der Waals surface area (Å²) in [4.78, 5) is 0. The van der Waals surface area contributed by atoms with Gasteiger partial charge in [0.1, 0.15) is 0 Å². The second-order valence-electron chi connectivity index (χ2n) is 0. The molecule has 0 atom stereocenters. The maximum atomic E-state index is 0. The summed E-state index contributed by atoms with van der Waals surface area (Å²) in [5.41, 5.74) is 0. The van der Waals surface area contributed by atoms with E-state index in [1.165, 1.54) is 0 Å². The van der Waals surface area contributed by atoms with Crippen LogP contribution in [0.4, 0.5) is 0 Å². The second-order valence-corrected chi connectivity index (χ2v) is 0. The van der Waals surface area contributed by atoms with E-state index >= 15 is 0 Å². The van der Waals surface area contributed by atoms with Gasteiger partial charge in [0.25, 0.3) is 0 Å². The number of hydrogen-bond acceptors (Lipinski definition) is 0. The third kappa shape index (κ3) is 32.4. The van der Waals surface area contributed by atoms with E-state index in [1.54, 1.807) is 0 Å². The molecule has 0 fully saturated rings. The van der Waals surface area contributed by atoms with Crippen molar-refractivity contribution in [1.82, 2.24) is 0 Å². The summed E-state index contributed by atoms with van der Waals surface area (Å²) >= 11 is 0. The van der Waals surface area contributed by atoms with Crippen molar-refractivity contribution in [2.45, 2.75) is 0 Å². The molecule has 0 aromatic rings. The molecule has 1 radical (unpaired) electrons. The fourth-order valence-electron chi connectivity index (χ4n) is 0. The van der Waals surface area contributed by atoms with Gasteiger partial charge in [0.2, 0.25) is 0 Å². The van der Waals surface area contributed by atoms with Gasteiger partial charge in [0, 0.05) is 0 Å². The van der Waals surface area contributed by atoms with Crippen LogP contribution in [0.15, 0.2) is 0 Å². The van der Waals surface area contributed by atoms with Gasteiger partial charge in [-0.2, -0.15) is 0 Å². The van der Waals surface area contributed by atoms with Crippen LogP contribution in [-0.2, 0) is 35.9 Å². The topological polar surface area (TPSA) is 85.5 Å². The van der Waals surface area contributed by atoms with Crippen LogP contribution < -0.4 is 0 Å². The van der Waals surface area contributed by atoms with E-state index in [9.17, 15) is 0 Å². The zero-order valence-electron chi connectivity index (χ0n) is 2.16. The molecule has 0 rings (SSSR count). The fraction of sp³-hybridized carbons (Fsp3) is 0. The van der Waals surface area contributed by atoms with Crippen LogP contribution in [0.2, 0.25) is 0 Å². The first-order valence-electron chi connectivity index (χ1n) is 0. The summed E-state index contributed by atoms with van der Waals surface area (Å²) in [6.07, 6.45) is 0. The van der Waals surface area contributed by atoms with E-state index in [-0.39, 0.29) is 61.7 Å². The largest absolute Gasteiger partial charge is 3.00 e. The Hall–Kier alpha value is 1.37. The summed E-state index contributed by atoms with van der Waals surface area (Å²) in [6.45, 7) is 0. The Morgan fingerprint density at radius 2 is 0.600 bits per heavy atom. The monoisotopic (exact) mass is 265 g/mol. The molecule has 0 heterocycles. The van der Waals surface area contributed by atoms with Crippen LogP contribution >= 0.6 is 0 Å². The molecule has 0 aromatic heterocycles. The molecule has 0 aliphatic rings. The Balaban J connectivity index is 0. The maximum Gasteiger partial charge on any atom is 3.00 e. The normalized spacial score (nSPS) is 0. The zero-order chi connectivity index (χ0) is 0. The third-order valence-corrected chi connectivity index (χ3v) is 0. The standard InChI is InChI=1S/In.3O.Ru/q+3;3*-2;+3. The molecule has 0 saturated carbocycles. The summed E-state index contributed by atoms with van der Waals surface area (Å²) in [5, 5.41) is 0. The Kier molecular flexibility index (Phi) is 1060. The van der Waals surface area contributed by atoms with Gasteiger partial charge in [-0.3, -0.25) is 0 Å².